The van der Waals surface area contributed by atoms with E-state index in [4.69, 9.17) is 5.11 Å². The molecule has 0 aliphatic rings. The lowest BCUT2D eigenvalue weighted by Gasteiger charge is -2.15. The molecule has 1 atom stereocenters. The van der Waals surface area contributed by atoms with Gasteiger partial charge < -0.3 is 10.4 Å². The van der Waals surface area contributed by atoms with Gasteiger partial charge in [0.15, 0.2) is 0 Å². The number of rotatable bonds is 6. The van der Waals surface area contributed by atoms with Crippen LogP contribution in [0.15, 0.2) is 41.8 Å². The molecule has 0 saturated carbocycles. The highest BCUT2D eigenvalue weighted by Crippen LogP contribution is 2.22. The third-order valence-electron chi connectivity index (χ3n) is 2.71. The van der Waals surface area contributed by atoms with Crippen LogP contribution in [0.1, 0.15) is 22.9 Å². The number of halogens is 1. The smallest absolute Gasteiger partial charge is 0.305 e. The highest BCUT2D eigenvalue weighted by atomic mass is 32.1. The minimum atomic E-state index is -0.856. The van der Waals surface area contributed by atoms with Crippen molar-refractivity contribution < 1.29 is 14.3 Å². The van der Waals surface area contributed by atoms with Crippen molar-refractivity contribution in [3.05, 3.63) is 58.0 Å². The average molecular weight is 279 g/mol. The Hall–Kier alpha value is -1.72. The number of benzene rings is 1. The van der Waals surface area contributed by atoms with Crippen LogP contribution in [-0.4, -0.2) is 11.1 Å². The van der Waals surface area contributed by atoms with Gasteiger partial charge in [-0.3, -0.25) is 4.79 Å². The van der Waals surface area contributed by atoms with Gasteiger partial charge in [0.2, 0.25) is 0 Å². The number of nitrogens with one attached hydrogen (secondary N) is 1. The summed E-state index contributed by atoms with van der Waals surface area (Å²) in [6, 6.07) is 9.82. The number of carboxylic acid groups (broad SMARTS) is 1. The molecule has 0 bridgehead atoms. The molecule has 1 aromatic heterocycles. The summed E-state index contributed by atoms with van der Waals surface area (Å²) in [5.74, 6) is -1.14. The van der Waals surface area contributed by atoms with Crippen molar-refractivity contribution in [2.75, 3.05) is 0 Å². The molecule has 1 unspecified atom stereocenters. The Kier molecular flexibility index (Phi) is 4.65. The van der Waals surface area contributed by atoms with Crippen molar-refractivity contribution in [2.24, 2.45) is 0 Å². The molecule has 2 rings (SSSR count). The molecule has 5 heteroatoms. The maximum atomic E-state index is 13.1. The van der Waals surface area contributed by atoms with E-state index in [1.807, 2.05) is 23.6 Å². The SMILES string of the molecule is O=C(O)CC(NCc1cccc(F)c1)c1cccs1. The summed E-state index contributed by atoms with van der Waals surface area (Å²) in [6.45, 7) is 0.438. The maximum Gasteiger partial charge on any atom is 0.305 e. The van der Waals surface area contributed by atoms with Crippen LogP contribution < -0.4 is 5.32 Å². The van der Waals surface area contributed by atoms with Gasteiger partial charge in [0, 0.05) is 11.4 Å². The van der Waals surface area contributed by atoms with E-state index >= 15 is 0 Å². The fraction of sp³-hybridized carbons (Fsp3) is 0.214. The monoisotopic (exact) mass is 279 g/mol. The van der Waals surface area contributed by atoms with E-state index in [0.717, 1.165) is 10.4 Å². The summed E-state index contributed by atoms with van der Waals surface area (Å²) in [5, 5.41) is 14.0. The maximum absolute atomic E-state index is 13.1. The first-order valence-corrected chi connectivity index (χ1v) is 6.76. The molecule has 2 N–H and O–H groups in total. The molecule has 0 radical (unpaired) electrons. The summed E-state index contributed by atoms with van der Waals surface area (Å²) >= 11 is 1.51. The van der Waals surface area contributed by atoms with Gasteiger partial charge in [0.25, 0.3) is 0 Å². The molecule has 2 aromatic rings. The molecule has 0 amide bonds. The van der Waals surface area contributed by atoms with Crippen molar-refractivity contribution in [3.8, 4) is 0 Å². The van der Waals surface area contributed by atoms with Crippen LogP contribution in [0.3, 0.4) is 0 Å². The van der Waals surface area contributed by atoms with Gasteiger partial charge in [-0.1, -0.05) is 18.2 Å². The van der Waals surface area contributed by atoms with Crippen molar-refractivity contribution in [3.63, 3.8) is 0 Å². The van der Waals surface area contributed by atoms with Gasteiger partial charge in [-0.25, -0.2) is 4.39 Å². The second-order valence-corrected chi connectivity index (χ2v) is 5.16. The van der Waals surface area contributed by atoms with Gasteiger partial charge in [-0.2, -0.15) is 0 Å². The molecule has 0 aliphatic carbocycles. The summed E-state index contributed by atoms with van der Waals surface area (Å²) < 4.78 is 13.1. The van der Waals surface area contributed by atoms with E-state index in [1.165, 1.54) is 23.5 Å². The average Bonchev–Trinajstić information content (AvgIpc) is 2.88. The topological polar surface area (TPSA) is 49.3 Å². The highest BCUT2D eigenvalue weighted by molar-refractivity contribution is 7.10. The molecule has 3 nitrogen and oxygen atoms in total. The minimum Gasteiger partial charge on any atom is -0.481 e. The molecular weight excluding hydrogens is 265 g/mol. The fourth-order valence-electron chi connectivity index (χ4n) is 1.83. The summed E-state index contributed by atoms with van der Waals surface area (Å²) in [4.78, 5) is 11.8. The number of carbonyl (C=O) groups is 1. The summed E-state index contributed by atoms with van der Waals surface area (Å²) in [7, 11) is 0. The van der Waals surface area contributed by atoms with E-state index in [2.05, 4.69) is 5.32 Å². The zero-order chi connectivity index (χ0) is 13.7. The summed E-state index contributed by atoms with van der Waals surface area (Å²) in [6.07, 6.45) is 0.00975. The van der Waals surface area contributed by atoms with Crippen molar-refractivity contribution in [1.82, 2.24) is 5.32 Å². The number of aliphatic carboxylic acids is 1. The van der Waals surface area contributed by atoms with Gasteiger partial charge in [-0.15, -0.1) is 11.3 Å². The predicted octanol–water partition coefficient (Wildman–Crippen LogP) is 3.19. The van der Waals surface area contributed by atoms with Crippen LogP contribution >= 0.6 is 11.3 Å². The van der Waals surface area contributed by atoms with E-state index in [-0.39, 0.29) is 18.3 Å². The third-order valence-corrected chi connectivity index (χ3v) is 3.69. The van der Waals surface area contributed by atoms with Gasteiger partial charge >= 0.3 is 5.97 Å². The van der Waals surface area contributed by atoms with Crippen LogP contribution in [0.25, 0.3) is 0 Å². The molecule has 100 valence electrons. The van der Waals surface area contributed by atoms with Crippen LogP contribution in [0.2, 0.25) is 0 Å². The normalized spacial score (nSPS) is 12.3. The van der Waals surface area contributed by atoms with Crippen molar-refractivity contribution in [1.29, 1.82) is 0 Å². The van der Waals surface area contributed by atoms with Crippen molar-refractivity contribution >= 4 is 17.3 Å². The molecule has 1 aromatic carbocycles. The van der Waals surface area contributed by atoms with Gasteiger partial charge in [-0.05, 0) is 29.1 Å². The second-order valence-electron chi connectivity index (χ2n) is 4.18. The molecule has 0 fully saturated rings. The molecular formula is C14H14FNO2S. The van der Waals surface area contributed by atoms with Crippen LogP contribution in [0.5, 0.6) is 0 Å². The molecule has 0 saturated heterocycles. The number of carboxylic acids is 1. The Morgan fingerprint density at radius 3 is 2.84 bits per heavy atom. The molecule has 0 aliphatic heterocycles. The largest absolute Gasteiger partial charge is 0.481 e. The molecule has 19 heavy (non-hydrogen) atoms. The van der Waals surface area contributed by atoms with Crippen LogP contribution in [-0.2, 0) is 11.3 Å². The van der Waals surface area contributed by atoms with Gasteiger partial charge in [0.05, 0.1) is 12.5 Å². The lowest BCUT2D eigenvalue weighted by atomic mass is 10.1. The Morgan fingerprint density at radius 1 is 1.37 bits per heavy atom. The first-order valence-electron chi connectivity index (χ1n) is 5.88. The Bertz CT molecular complexity index is 542. The lowest BCUT2D eigenvalue weighted by molar-refractivity contribution is -0.137. The Morgan fingerprint density at radius 2 is 2.21 bits per heavy atom. The predicted molar refractivity (Wildman–Crippen MR) is 72.6 cm³/mol. The van der Waals surface area contributed by atoms with E-state index in [0.29, 0.717) is 6.54 Å². The standard InChI is InChI=1S/C14H14FNO2S/c15-11-4-1-3-10(7-11)9-16-12(8-14(17)18)13-5-2-6-19-13/h1-7,12,16H,8-9H2,(H,17,18). The Balaban J connectivity index is 2.02. The first kappa shape index (κ1) is 13.7. The third kappa shape index (κ3) is 4.15. The molecule has 1 heterocycles. The number of hydrogen-bond acceptors (Lipinski definition) is 3. The number of thiophene rings is 1. The van der Waals surface area contributed by atoms with Crippen LogP contribution in [0, 0.1) is 5.82 Å². The van der Waals surface area contributed by atoms with E-state index < -0.39 is 5.97 Å². The zero-order valence-electron chi connectivity index (χ0n) is 10.2. The highest BCUT2D eigenvalue weighted by Gasteiger charge is 2.15. The summed E-state index contributed by atoms with van der Waals surface area (Å²) in [5.41, 5.74) is 0.798. The molecule has 0 spiro atoms. The Labute approximate surface area is 114 Å². The van der Waals surface area contributed by atoms with E-state index in [1.54, 1.807) is 6.07 Å². The fourth-order valence-corrected chi connectivity index (χ4v) is 2.63. The van der Waals surface area contributed by atoms with Crippen LogP contribution in [0.4, 0.5) is 4.39 Å². The van der Waals surface area contributed by atoms with Crippen molar-refractivity contribution in [2.45, 2.75) is 19.0 Å². The number of hydrogen-bond donors (Lipinski definition) is 2. The zero-order valence-corrected chi connectivity index (χ0v) is 11.0. The minimum absolute atomic E-state index is 0.00975. The second kappa shape index (κ2) is 6.45. The quantitative estimate of drug-likeness (QED) is 0.853. The first-order chi connectivity index (χ1) is 9.15. The van der Waals surface area contributed by atoms with E-state index in [9.17, 15) is 9.18 Å². The lowest BCUT2D eigenvalue weighted by Crippen LogP contribution is -2.22. The van der Waals surface area contributed by atoms with Gasteiger partial charge in [0.1, 0.15) is 5.82 Å².